The number of rotatable bonds is 3. The minimum absolute atomic E-state index is 0. The van der Waals surface area contributed by atoms with Gasteiger partial charge in [0.25, 0.3) is 5.56 Å². The molecule has 1 aromatic rings. The molecule has 0 saturated carbocycles. The van der Waals surface area contributed by atoms with Crippen molar-refractivity contribution in [3.8, 4) is 0 Å². The van der Waals surface area contributed by atoms with Crippen LogP contribution in [0.1, 0.15) is 0 Å². The van der Waals surface area contributed by atoms with E-state index >= 15 is 0 Å². The maximum atomic E-state index is 11.7. The molecule has 5 N–H and O–H groups in total. The number of nitrogens with one attached hydrogen (secondary N) is 2. The van der Waals surface area contributed by atoms with Crippen LogP contribution in [0.4, 0.5) is 17.5 Å². The third-order valence-corrected chi connectivity index (χ3v) is 6.10. The number of aromatic nitrogens is 2. The molecule has 2 aliphatic heterocycles. The van der Waals surface area contributed by atoms with Gasteiger partial charge in [-0.1, -0.05) is 0 Å². The first-order chi connectivity index (χ1) is 9.94. The molecule has 0 spiro atoms. The number of nitrogens with two attached hydrogens (primary N) is 1. The van der Waals surface area contributed by atoms with Crippen molar-refractivity contribution in [1.29, 1.82) is 0 Å². The van der Waals surface area contributed by atoms with E-state index in [9.17, 15) is 14.3 Å². The molecule has 0 radical (unpaired) electrons. The molecule has 10 nitrogen and oxygen atoms in total. The second-order valence-electron chi connectivity index (χ2n) is 4.51. The maximum absolute atomic E-state index is 11.7. The molecule has 0 aliphatic carbocycles. The Morgan fingerprint density at radius 2 is 2.41 bits per heavy atom. The van der Waals surface area contributed by atoms with E-state index in [1.54, 1.807) is 0 Å². The fourth-order valence-corrected chi connectivity index (χ4v) is 4.63. The zero-order chi connectivity index (χ0) is 15.0. The Balaban J connectivity index is 0.00000176. The number of thioether (sulfide) groups is 1. The predicted octanol–water partition coefficient (Wildman–Crippen LogP) is -0.901. The standard InChI is InChI=1S/C9H14N5O5PS.Na.H/c10-9-12-7-6(8(15)13-9)11-3-14(7)18-1-5-2-19-20(16,17)4-21-5;;/h5,11H,1-4H2,(H,16,17)(H3,10,12,13,15);;. The molecule has 118 valence electrons. The van der Waals surface area contributed by atoms with Gasteiger partial charge in [0.15, 0.2) is 5.82 Å². The van der Waals surface area contributed by atoms with Crippen LogP contribution in [0.2, 0.25) is 0 Å². The number of hydrogen-bond acceptors (Lipinski definition) is 9. The van der Waals surface area contributed by atoms with Crippen LogP contribution in [0.15, 0.2) is 4.79 Å². The first-order valence-electron chi connectivity index (χ1n) is 6.07. The Kier molecular flexibility index (Phi) is 5.84. The average molecular weight is 359 g/mol. The van der Waals surface area contributed by atoms with Crippen molar-refractivity contribution in [2.75, 3.05) is 41.5 Å². The third kappa shape index (κ3) is 3.98. The number of hydrogen-bond donors (Lipinski definition) is 4. The number of anilines is 3. The van der Waals surface area contributed by atoms with Crippen LogP contribution in [0.3, 0.4) is 0 Å². The fraction of sp³-hybridized carbons (Fsp3) is 0.556. The number of aromatic amines is 1. The summed E-state index contributed by atoms with van der Waals surface area (Å²) in [4.78, 5) is 32.9. The summed E-state index contributed by atoms with van der Waals surface area (Å²) in [6.45, 7) is 0.670. The van der Waals surface area contributed by atoms with Gasteiger partial charge in [-0.3, -0.25) is 19.2 Å². The number of nitrogens with zero attached hydrogens (tertiary/aromatic N) is 2. The predicted molar refractivity (Wildman–Crippen MR) is 85.4 cm³/mol. The van der Waals surface area contributed by atoms with Gasteiger partial charge in [0.05, 0.1) is 24.0 Å². The van der Waals surface area contributed by atoms with Gasteiger partial charge in [0.1, 0.15) is 12.4 Å². The van der Waals surface area contributed by atoms with Crippen molar-refractivity contribution >= 4 is 66.4 Å². The Morgan fingerprint density at radius 1 is 1.64 bits per heavy atom. The molecule has 1 fully saturated rings. The van der Waals surface area contributed by atoms with E-state index < -0.39 is 7.60 Å². The van der Waals surface area contributed by atoms with Crippen molar-refractivity contribution in [2.24, 2.45) is 0 Å². The summed E-state index contributed by atoms with van der Waals surface area (Å²) in [5.74, 6) is 0.332. The van der Waals surface area contributed by atoms with Gasteiger partial charge in [0, 0.05) is 0 Å². The molecule has 3 heterocycles. The Bertz CT molecular complexity index is 648. The summed E-state index contributed by atoms with van der Waals surface area (Å²) in [6.07, 6.45) is 0. The summed E-state index contributed by atoms with van der Waals surface area (Å²) < 4.78 is 16.2. The topological polar surface area (TPSA) is 143 Å². The molecular weight excluding hydrogens is 344 g/mol. The molecule has 22 heavy (non-hydrogen) atoms. The van der Waals surface area contributed by atoms with Gasteiger partial charge in [-0.15, -0.1) is 11.8 Å². The van der Waals surface area contributed by atoms with E-state index in [0.717, 1.165) is 0 Å². The summed E-state index contributed by atoms with van der Waals surface area (Å²) in [6, 6.07) is 0. The van der Waals surface area contributed by atoms with E-state index in [1.807, 2.05) is 0 Å². The normalized spacial score (nSPS) is 27.0. The molecule has 0 amide bonds. The van der Waals surface area contributed by atoms with E-state index in [0.29, 0.717) is 11.5 Å². The van der Waals surface area contributed by atoms with Crippen molar-refractivity contribution in [1.82, 2.24) is 9.97 Å². The van der Waals surface area contributed by atoms with Crippen LogP contribution < -0.4 is 21.7 Å². The van der Waals surface area contributed by atoms with Crippen molar-refractivity contribution in [2.45, 2.75) is 5.25 Å². The van der Waals surface area contributed by atoms with E-state index in [2.05, 4.69) is 15.3 Å². The molecule has 0 bridgehead atoms. The summed E-state index contributed by atoms with van der Waals surface area (Å²) in [7, 11) is -3.43. The van der Waals surface area contributed by atoms with Gasteiger partial charge < -0.3 is 20.5 Å². The number of fused-ring (bicyclic) bond motifs is 1. The van der Waals surface area contributed by atoms with Gasteiger partial charge in [-0.25, -0.2) is 5.06 Å². The van der Waals surface area contributed by atoms with Gasteiger partial charge >= 0.3 is 37.2 Å². The molecule has 1 saturated heterocycles. The molecule has 2 atom stereocenters. The zero-order valence-corrected chi connectivity index (χ0v) is 12.5. The molecular formula is C9H15N5NaO5PS. The molecule has 13 heteroatoms. The van der Waals surface area contributed by atoms with Crippen molar-refractivity contribution in [3.63, 3.8) is 0 Å². The Morgan fingerprint density at radius 3 is 3.09 bits per heavy atom. The molecule has 1 aromatic heterocycles. The van der Waals surface area contributed by atoms with Gasteiger partial charge in [-0.2, -0.15) is 4.98 Å². The Labute approximate surface area is 151 Å². The van der Waals surface area contributed by atoms with Crippen molar-refractivity contribution in [3.05, 3.63) is 10.4 Å². The van der Waals surface area contributed by atoms with Gasteiger partial charge in [0.2, 0.25) is 5.95 Å². The van der Waals surface area contributed by atoms with E-state index in [-0.39, 0.29) is 71.7 Å². The van der Waals surface area contributed by atoms with Crippen LogP contribution in [0.5, 0.6) is 0 Å². The average Bonchev–Trinajstić information content (AvgIpc) is 2.81. The third-order valence-electron chi connectivity index (χ3n) is 2.91. The second kappa shape index (κ2) is 7.10. The Hall–Kier alpha value is -0.260. The van der Waals surface area contributed by atoms with Crippen LogP contribution in [0.25, 0.3) is 0 Å². The first kappa shape index (κ1) is 18.1. The molecule has 2 unspecified atom stereocenters. The molecule has 2 aliphatic rings. The summed E-state index contributed by atoms with van der Waals surface area (Å²) in [5, 5.41) is 4.22. The summed E-state index contributed by atoms with van der Waals surface area (Å²) in [5.41, 5.74) is 5.49. The fourth-order valence-electron chi connectivity index (χ4n) is 1.90. The summed E-state index contributed by atoms with van der Waals surface area (Å²) >= 11 is 1.32. The van der Waals surface area contributed by atoms with Crippen molar-refractivity contribution < 1.29 is 18.8 Å². The van der Waals surface area contributed by atoms with Crippen LogP contribution in [-0.4, -0.2) is 75.0 Å². The zero-order valence-electron chi connectivity index (χ0n) is 10.8. The number of nitrogen functional groups attached to an aromatic ring is 1. The minimum atomic E-state index is -3.43. The number of hydroxylamine groups is 1. The SMILES string of the molecule is Nc1nc2c(c(=O)[nH]1)NCN2OCC1COP(=O)(O)CS1.[NaH]. The van der Waals surface area contributed by atoms with E-state index in [1.165, 1.54) is 16.8 Å². The van der Waals surface area contributed by atoms with Crippen LogP contribution >= 0.6 is 19.4 Å². The molecule has 0 aromatic carbocycles. The first-order valence-corrected chi connectivity index (χ1v) is 8.88. The van der Waals surface area contributed by atoms with Crippen LogP contribution in [-0.2, 0) is 13.9 Å². The van der Waals surface area contributed by atoms with Crippen LogP contribution in [0, 0.1) is 0 Å². The second-order valence-corrected chi connectivity index (χ2v) is 8.08. The van der Waals surface area contributed by atoms with E-state index in [4.69, 9.17) is 15.1 Å². The van der Waals surface area contributed by atoms with Gasteiger partial charge in [-0.05, 0) is 0 Å². The molecule has 3 rings (SSSR count). The monoisotopic (exact) mass is 359 g/mol. The quantitative estimate of drug-likeness (QED) is 0.396. The number of H-pyrrole nitrogens is 1.